The maximum atomic E-state index is 11.0. The van der Waals surface area contributed by atoms with Crippen LogP contribution in [-0.4, -0.2) is 24.4 Å². The summed E-state index contributed by atoms with van der Waals surface area (Å²) in [6.07, 6.45) is 4.09. The summed E-state index contributed by atoms with van der Waals surface area (Å²) >= 11 is 1.54. The predicted octanol–water partition coefficient (Wildman–Crippen LogP) is 3.14. The van der Waals surface area contributed by atoms with Crippen molar-refractivity contribution in [2.75, 3.05) is 18.0 Å². The fourth-order valence-electron chi connectivity index (χ4n) is 2.27. The number of aldehydes is 1. The highest BCUT2D eigenvalue weighted by molar-refractivity contribution is 7.17. The van der Waals surface area contributed by atoms with Crippen LogP contribution < -0.4 is 4.90 Å². The van der Waals surface area contributed by atoms with Crippen molar-refractivity contribution in [3.05, 3.63) is 10.6 Å². The first-order valence-electron chi connectivity index (χ1n) is 6.25. The summed E-state index contributed by atoms with van der Waals surface area (Å²) in [5.41, 5.74) is 1.35. The van der Waals surface area contributed by atoms with E-state index in [9.17, 15) is 4.79 Å². The van der Waals surface area contributed by atoms with Crippen LogP contribution in [0.1, 0.15) is 49.0 Å². The van der Waals surface area contributed by atoms with Gasteiger partial charge in [-0.1, -0.05) is 38.5 Å². The van der Waals surface area contributed by atoms with Gasteiger partial charge < -0.3 is 4.90 Å². The lowest BCUT2D eigenvalue weighted by atomic mass is 9.93. The third-order valence-corrected chi connectivity index (χ3v) is 4.34. The second kappa shape index (κ2) is 4.77. The molecule has 17 heavy (non-hydrogen) atoms. The second-order valence-electron chi connectivity index (χ2n) is 5.51. The van der Waals surface area contributed by atoms with E-state index in [1.165, 1.54) is 6.42 Å². The lowest BCUT2D eigenvalue weighted by Crippen LogP contribution is -2.22. The molecule has 0 radical (unpaired) electrons. The van der Waals surface area contributed by atoms with Gasteiger partial charge in [0, 0.05) is 13.1 Å². The van der Waals surface area contributed by atoms with E-state index < -0.39 is 0 Å². The molecule has 1 aliphatic heterocycles. The molecule has 0 N–H and O–H groups in total. The molecule has 1 aromatic rings. The maximum Gasteiger partial charge on any atom is 0.186 e. The summed E-state index contributed by atoms with van der Waals surface area (Å²) in [6.45, 7) is 8.80. The highest BCUT2D eigenvalue weighted by atomic mass is 32.1. The summed E-state index contributed by atoms with van der Waals surface area (Å²) < 4.78 is 0. The summed E-state index contributed by atoms with van der Waals surface area (Å²) in [5.74, 6) is 0. The minimum Gasteiger partial charge on any atom is -0.348 e. The number of thiazole rings is 1. The number of aryl methyl sites for hydroxylation is 1. The molecular weight excluding hydrogens is 232 g/mol. The highest BCUT2D eigenvalue weighted by Crippen LogP contribution is 2.35. The zero-order valence-electron chi connectivity index (χ0n) is 10.8. The molecule has 1 saturated heterocycles. The molecule has 0 aliphatic carbocycles. The molecule has 0 atom stereocenters. The number of anilines is 1. The minimum atomic E-state index is 0.373. The molecular formula is C13H20N2OS. The molecule has 2 heterocycles. The average Bonchev–Trinajstić information content (AvgIpc) is 2.82. The zero-order chi connectivity index (χ0) is 12.5. The molecule has 3 nitrogen and oxygen atoms in total. The van der Waals surface area contributed by atoms with E-state index >= 15 is 0 Å². The second-order valence-corrected chi connectivity index (χ2v) is 6.52. The molecule has 0 bridgehead atoms. The number of rotatable bonds is 4. The number of hydrogen-bond donors (Lipinski definition) is 0. The van der Waals surface area contributed by atoms with Crippen molar-refractivity contribution in [3.63, 3.8) is 0 Å². The van der Waals surface area contributed by atoms with Crippen molar-refractivity contribution in [2.45, 2.75) is 40.0 Å². The van der Waals surface area contributed by atoms with Gasteiger partial charge in [0.25, 0.3) is 0 Å². The van der Waals surface area contributed by atoms with Crippen molar-refractivity contribution < 1.29 is 4.79 Å². The molecule has 0 aromatic carbocycles. The Labute approximate surface area is 107 Å². The summed E-state index contributed by atoms with van der Waals surface area (Å²) in [6, 6.07) is 0. The Morgan fingerprint density at radius 3 is 2.82 bits per heavy atom. The Morgan fingerprint density at radius 2 is 2.29 bits per heavy atom. The van der Waals surface area contributed by atoms with E-state index in [0.717, 1.165) is 47.9 Å². The number of carbonyl (C=O) groups excluding carboxylic acids is 1. The Morgan fingerprint density at radius 1 is 1.53 bits per heavy atom. The zero-order valence-corrected chi connectivity index (χ0v) is 11.6. The molecule has 4 heteroatoms. The van der Waals surface area contributed by atoms with E-state index in [1.807, 2.05) is 0 Å². The van der Waals surface area contributed by atoms with Crippen molar-refractivity contribution in [1.29, 1.82) is 0 Å². The van der Waals surface area contributed by atoms with Gasteiger partial charge in [0.2, 0.25) is 0 Å². The Hall–Kier alpha value is -0.900. The topological polar surface area (TPSA) is 33.2 Å². The standard InChI is InChI=1S/C13H20N2OS/c1-4-5-10-11(8-16)17-12(14-10)15-7-6-13(2,3)9-15/h8H,4-7,9H2,1-3H3. The van der Waals surface area contributed by atoms with Gasteiger partial charge in [-0.05, 0) is 18.3 Å². The lowest BCUT2D eigenvalue weighted by molar-refractivity contribution is 0.112. The molecule has 0 unspecified atom stereocenters. The third-order valence-electron chi connectivity index (χ3n) is 3.26. The van der Waals surface area contributed by atoms with Gasteiger partial charge in [-0.3, -0.25) is 4.79 Å². The van der Waals surface area contributed by atoms with Crippen LogP contribution in [0.5, 0.6) is 0 Å². The molecule has 0 saturated carbocycles. The van der Waals surface area contributed by atoms with Crippen molar-refractivity contribution >= 4 is 22.8 Å². The van der Waals surface area contributed by atoms with Crippen LogP contribution in [0.25, 0.3) is 0 Å². The summed E-state index contributed by atoms with van der Waals surface area (Å²) in [5, 5.41) is 1.03. The van der Waals surface area contributed by atoms with E-state index in [2.05, 4.69) is 30.7 Å². The SMILES string of the molecule is CCCc1nc(N2CCC(C)(C)C2)sc1C=O. The van der Waals surface area contributed by atoms with Crippen molar-refractivity contribution in [3.8, 4) is 0 Å². The van der Waals surface area contributed by atoms with Crippen LogP contribution in [0.4, 0.5) is 5.13 Å². The normalized spacial score (nSPS) is 18.6. The first-order chi connectivity index (χ1) is 8.05. The molecule has 1 aliphatic rings. The van der Waals surface area contributed by atoms with Gasteiger partial charge in [0.05, 0.1) is 10.6 Å². The largest absolute Gasteiger partial charge is 0.348 e. The Bertz CT molecular complexity index is 412. The van der Waals surface area contributed by atoms with E-state index in [4.69, 9.17) is 0 Å². The Kier molecular flexibility index (Phi) is 3.52. The average molecular weight is 252 g/mol. The number of carbonyl (C=O) groups is 1. The monoisotopic (exact) mass is 252 g/mol. The quantitative estimate of drug-likeness (QED) is 0.772. The van der Waals surface area contributed by atoms with E-state index in [1.54, 1.807) is 11.3 Å². The van der Waals surface area contributed by atoms with Crippen LogP contribution in [0.3, 0.4) is 0 Å². The van der Waals surface area contributed by atoms with Crippen LogP contribution >= 0.6 is 11.3 Å². The number of nitrogens with zero attached hydrogens (tertiary/aromatic N) is 2. The number of hydrogen-bond acceptors (Lipinski definition) is 4. The first-order valence-corrected chi connectivity index (χ1v) is 7.07. The molecule has 94 valence electrons. The van der Waals surface area contributed by atoms with Crippen LogP contribution in [0.15, 0.2) is 0 Å². The maximum absolute atomic E-state index is 11.0. The van der Waals surface area contributed by atoms with Gasteiger partial charge in [-0.2, -0.15) is 0 Å². The highest BCUT2D eigenvalue weighted by Gasteiger charge is 2.31. The van der Waals surface area contributed by atoms with Gasteiger partial charge in [0.1, 0.15) is 0 Å². The molecule has 0 amide bonds. The van der Waals surface area contributed by atoms with Crippen LogP contribution in [0.2, 0.25) is 0 Å². The summed E-state index contributed by atoms with van der Waals surface area (Å²) in [7, 11) is 0. The minimum absolute atomic E-state index is 0.373. The summed E-state index contributed by atoms with van der Waals surface area (Å²) in [4.78, 5) is 18.8. The molecule has 0 spiro atoms. The van der Waals surface area contributed by atoms with E-state index in [0.29, 0.717) is 5.41 Å². The third kappa shape index (κ3) is 2.68. The molecule has 1 fully saturated rings. The van der Waals surface area contributed by atoms with Gasteiger partial charge in [0.15, 0.2) is 11.4 Å². The number of aromatic nitrogens is 1. The fraction of sp³-hybridized carbons (Fsp3) is 0.692. The lowest BCUT2D eigenvalue weighted by Gasteiger charge is -2.18. The first kappa shape index (κ1) is 12.6. The molecule has 1 aromatic heterocycles. The van der Waals surface area contributed by atoms with Gasteiger partial charge in [-0.15, -0.1) is 0 Å². The smallest absolute Gasteiger partial charge is 0.186 e. The predicted molar refractivity (Wildman–Crippen MR) is 72.1 cm³/mol. The van der Waals surface area contributed by atoms with Crippen molar-refractivity contribution in [2.24, 2.45) is 5.41 Å². The van der Waals surface area contributed by atoms with Crippen LogP contribution in [-0.2, 0) is 6.42 Å². The van der Waals surface area contributed by atoms with Crippen molar-refractivity contribution in [1.82, 2.24) is 4.98 Å². The van der Waals surface area contributed by atoms with E-state index in [-0.39, 0.29) is 0 Å². The Balaban J connectivity index is 2.19. The van der Waals surface area contributed by atoms with Gasteiger partial charge in [-0.25, -0.2) is 4.98 Å². The molecule has 2 rings (SSSR count). The fourth-order valence-corrected chi connectivity index (χ4v) is 3.22. The van der Waals surface area contributed by atoms with Crippen LogP contribution in [0, 0.1) is 5.41 Å². The van der Waals surface area contributed by atoms with Gasteiger partial charge >= 0.3 is 0 Å².